The highest BCUT2D eigenvalue weighted by atomic mass is 19.4. The Morgan fingerprint density at radius 1 is 1.21 bits per heavy atom. The van der Waals surface area contributed by atoms with Crippen molar-refractivity contribution in [3.05, 3.63) is 64.7 Å². The number of carbonyl (C=O) groups is 1. The maximum atomic E-state index is 14.0. The third kappa shape index (κ3) is 3.85. The summed E-state index contributed by atoms with van der Waals surface area (Å²) in [6.07, 6.45) is -0.543. The summed E-state index contributed by atoms with van der Waals surface area (Å²) in [5.74, 6) is -0.314. The van der Waals surface area contributed by atoms with E-state index >= 15 is 0 Å². The number of anilines is 1. The largest absolute Gasteiger partial charge is 0.487 e. The molecule has 1 spiro atoms. The number of aliphatic hydroxyl groups is 1. The Bertz CT molecular complexity index is 1340. The zero-order valence-electron chi connectivity index (χ0n) is 22.6. The van der Waals surface area contributed by atoms with E-state index in [0.717, 1.165) is 54.0 Å². The van der Waals surface area contributed by atoms with Crippen molar-refractivity contribution in [3.8, 4) is 5.75 Å². The van der Waals surface area contributed by atoms with Crippen molar-refractivity contribution in [2.75, 3.05) is 25.5 Å². The van der Waals surface area contributed by atoms with Gasteiger partial charge in [0.2, 0.25) is 0 Å². The zero-order chi connectivity index (χ0) is 27.8. The van der Waals surface area contributed by atoms with Gasteiger partial charge >= 0.3 is 6.18 Å². The number of quaternary nitrogens is 1. The third-order valence-corrected chi connectivity index (χ3v) is 9.72. The van der Waals surface area contributed by atoms with Crippen molar-refractivity contribution < 1.29 is 32.3 Å². The fraction of sp³-hybridized carbons (Fsp3) is 0.516. The summed E-state index contributed by atoms with van der Waals surface area (Å²) >= 11 is 0. The van der Waals surface area contributed by atoms with Crippen LogP contribution in [-0.2, 0) is 16.6 Å². The Hall–Kier alpha value is -2.84. The van der Waals surface area contributed by atoms with E-state index in [0.29, 0.717) is 24.5 Å². The molecule has 2 N–H and O–H groups in total. The molecular weight excluding hydrogens is 505 g/mol. The molecule has 1 amide bonds. The van der Waals surface area contributed by atoms with Crippen LogP contribution < -0.4 is 10.1 Å². The molecule has 2 heterocycles. The van der Waals surface area contributed by atoms with Crippen molar-refractivity contribution >= 4 is 17.7 Å². The van der Waals surface area contributed by atoms with Crippen molar-refractivity contribution in [1.82, 2.24) is 0 Å². The van der Waals surface area contributed by atoms with E-state index in [2.05, 4.69) is 26.2 Å². The Labute approximate surface area is 227 Å². The molecule has 2 fully saturated rings. The summed E-state index contributed by atoms with van der Waals surface area (Å²) in [6.45, 7) is 6.30. The molecule has 5 atom stereocenters. The smallest absolute Gasteiger partial charge is 0.421 e. The number of carbonyl (C=O) groups excluding carboxylic acids is 1. The Balaban J connectivity index is 1.42. The molecule has 2 aromatic rings. The van der Waals surface area contributed by atoms with Gasteiger partial charge in [0.25, 0.3) is 5.91 Å². The van der Waals surface area contributed by atoms with E-state index in [1.54, 1.807) is 24.3 Å². The predicted molar refractivity (Wildman–Crippen MR) is 143 cm³/mol. The first-order chi connectivity index (χ1) is 18.4. The predicted octanol–water partition coefficient (Wildman–Crippen LogP) is 5.62. The molecule has 4 aliphatic rings. The second-order valence-electron chi connectivity index (χ2n) is 12.5. The fourth-order valence-electron chi connectivity index (χ4n) is 8.39. The van der Waals surface area contributed by atoms with Gasteiger partial charge in [0.1, 0.15) is 29.1 Å². The van der Waals surface area contributed by atoms with Gasteiger partial charge in [-0.3, -0.25) is 4.79 Å². The van der Waals surface area contributed by atoms with Crippen LogP contribution >= 0.6 is 0 Å². The number of likely N-dealkylation sites (N-methyl/N-ethyl adjacent to an activating group) is 1. The number of amides is 1. The number of nitrogens with one attached hydrogen (secondary N) is 1. The maximum absolute atomic E-state index is 14.0. The summed E-state index contributed by atoms with van der Waals surface area (Å²) in [6, 6.07) is 11.6. The van der Waals surface area contributed by atoms with Gasteiger partial charge in [-0.05, 0) is 42.5 Å². The van der Waals surface area contributed by atoms with E-state index in [1.807, 2.05) is 6.07 Å². The number of alkyl halides is 3. The molecular formula is C31H36F3N2O3+. The molecule has 2 aliphatic carbocycles. The van der Waals surface area contributed by atoms with Crippen LogP contribution in [0, 0.1) is 5.92 Å². The van der Waals surface area contributed by atoms with Crippen LogP contribution in [0.1, 0.15) is 56.2 Å². The molecule has 0 radical (unpaired) electrons. The average Bonchev–Trinajstić information content (AvgIpc) is 3.21. The lowest BCUT2D eigenvalue weighted by molar-refractivity contribution is -0.951. The Kier molecular flexibility index (Phi) is 5.97. The van der Waals surface area contributed by atoms with Crippen molar-refractivity contribution in [1.29, 1.82) is 0 Å². The number of halogens is 3. The topological polar surface area (TPSA) is 58.6 Å². The highest BCUT2D eigenvalue weighted by Crippen LogP contribution is 2.66. The molecule has 5 nitrogen and oxygen atoms in total. The highest BCUT2D eigenvalue weighted by molar-refractivity contribution is 6.08. The number of ether oxygens (including phenoxy) is 1. The monoisotopic (exact) mass is 541 g/mol. The van der Waals surface area contributed by atoms with Gasteiger partial charge in [-0.15, -0.1) is 0 Å². The van der Waals surface area contributed by atoms with E-state index in [4.69, 9.17) is 4.74 Å². The first-order valence-electron chi connectivity index (χ1n) is 13.9. The molecule has 0 aromatic heterocycles. The van der Waals surface area contributed by atoms with Gasteiger partial charge in [-0.25, -0.2) is 0 Å². The number of likely N-dealkylation sites (tertiary alicyclic amines) is 1. The van der Waals surface area contributed by atoms with Crippen molar-refractivity contribution in [2.45, 2.75) is 75.3 Å². The quantitative estimate of drug-likeness (QED) is 0.382. The molecule has 2 unspecified atom stereocenters. The van der Waals surface area contributed by atoms with Crippen LogP contribution in [0.4, 0.5) is 18.9 Å². The van der Waals surface area contributed by atoms with E-state index in [1.165, 1.54) is 12.1 Å². The first-order valence-corrected chi connectivity index (χ1v) is 13.9. The van der Waals surface area contributed by atoms with Gasteiger partial charge in [0, 0.05) is 24.3 Å². The second-order valence-corrected chi connectivity index (χ2v) is 12.5. The molecule has 1 saturated heterocycles. The lowest BCUT2D eigenvalue weighted by Gasteiger charge is -2.65. The number of rotatable bonds is 5. The third-order valence-electron chi connectivity index (χ3n) is 9.72. The van der Waals surface area contributed by atoms with E-state index in [-0.39, 0.29) is 23.4 Å². The Morgan fingerprint density at radius 3 is 2.64 bits per heavy atom. The minimum atomic E-state index is -4.84. The van der Waals surface area contributed by atoms with Gasteiger partial charge in [0.05, 0.1) is 31.2 Å². The summed E-state index contributed by atoms with van der Waals surface area (Å²) in [4.78, 5) is 13.1. The van der Waals surface area contributed by atoms with Crippen molar-refractivity contribution in [3.63, 3.8) is 0 Å². The van der Waals surface area contributed by atoms with Gasteiger partial charge in [-0.2, -0.15) is 13.2 Å². The first kappa shape index (κ1) is 26.4. The SMILES string of the molecule is CC(C)C[N+]1(C)CC[C@]23c4c5ccc(NC(=O)C(=Cc6ccccc6)C(F)(F)F)c4O[C@H]2CCCC3(O)[C@H]1C5. The van der Waals surface area contributed by atoms with Gasteiger partial charge < -0.3 is 19.6 Å². The van der Waals surface area contributed by atoms with E-state index < -0.39 is 28.7 Å². The molecule has 2 aliphatic heterocycles. The normalized spacial score (nSPS) is 33.0. The summed E-state index contributed by atoms with van der Waals surface area (Å²) < 4.78 is 49.3. The maximum Gasteiger partial charge on any atom is 0.421 e. The molecule has 6 rings (SSSR count). The molecule has 8 heteroatoms. The van der Waals surface area contributed by atoms with E-state index in [9.17, 15) is 23.1 Å². The lowest BCUT2D eigenvalue weighted by Crippen LogP contribution is -2.80. The molecule has 39 heavy (non-hydrogen) atoms. The minimum Gasteiger partial charge on any atom is -0.487 e. The Morgan fingerprint density at radius 2 is 1.95 bits per heavy atom. The average molecular weight is 542 g/mol. The van der Waals surface area contributed by atoms with Crippen LogP contribution in [-0.4, -0.2) is 59.6 Å². The molecule has 2 aromatic carbocycles. The number of hydrogen-bond acceptors (Lipinski definition) is 3. The summed E-state index contributed by atoms with van der Waals surface area (Å²) in [5.41, 5.74) is -0.355. The molecule has 208 valence electrons. The minimum absolute atomic E-state index is 0.0181. The van der Waals surface area contributed by atoms with Crippen molar-refractivity contribution in [2.24, 2.45) is 5.92 Å². The number of piperidine rings is 1. The summed E-state index contributed by atoms with van der Waals surface area (Å²) in [5, 5.41) is 15.1. The van der Waals surface area contributed by atoms with Crippen LogP contribution in [0.5, 0.6) is 5.75 Å². The summed E-state index contributed by atoms with van der Waals surface area (Å²) in [7, 11) is 2.26. The van der Waals surface area contributed by atoms with Crippen LogP contribution in [0.3, 0.4) is 0 Å². The highest BCUT2D eigenvalue weighted by Gasteiger charge is 2.74. The molecule has 1 saturated carbocycles. The van der Waals surface area contributed by atoms with Gasteiger partial charge in [-0.1, -0.05) is 50.2 Å². The molecule has 2 bridgehead atoms. The second kappa shape index (κ2) is 8.83. The standard InChI is InChI=1S/C31H35F3N2O3/c1-19(2)18-36(3)15-14-29-25-10-7-13-30(29,38)24(36)17-21-11-12-23(27(39-25)26(21)29)35-28(37)22(31(32,33)34)16-20-8-5-4-6-9-20/h4-6,8-9,11-12,16,19,24-25,38H,7,10,13-15,17-18H2,1-3H3/p+1/t24-,25+,29-,30?,36?/m1/s1. The zero-order valence-corrected chi connectivity index (χ0v) is 22.6. The van der Waals surface area contributed by atoms with Gasteiger partial charge in [0.15, 0.2) is 0 Å². The number of benzene rings is 2. The van der Waals surface area contributed by atoms with Crippen LogP contribution in [0.15, 0.2) is 48.0 Å². The van der Waals surface area contributed by atoms with Crippen LogP contribution in [0.25, 0.3) is 6.08 Å². The number of nitrogens with zero attached hydrogens (tertiary/aromatic N) is 1. The number of hydrogen-bond donors (Lipinski definition) is 2. The lowest BCUT2D eigenvalue weighted by atomic mass is 9.48. The van der Waals surface area contributed by atoms with Crippen LogP contribution in [0.2, 0.25) is 0 Å². The fourth-order valence-corrected chi connectivity index (χ4v) is 8.39.